The monoisotopic (exact) mass is 380 g/mol. The second-order valence-electron chi connectivity index (χ2n) is 8.02. The zero-order chi connectivity index (χ0) is 19.5. The van der Waals surface area contributed by atoms with Gasteiger partial charge < -0.3 is 9.47 Å². The lowest BCUT2D eigenvalue weighted by molar-refractivity contribution is -0.121. The first-order valence-electron chi connectivity index (χ1n) is 10.3. The standard InChI is InChI=1S/C23H28N2O3/c1-16(2)22(17-11-12-19-20(14-17)28-15-27-19)23(26)25(18-8-4-3-5-9-18)21-10-6-7-13-24-21/h6-7,10-14,16,18,22H,3-5,8-9,15H2,1-2H3. The molecule has 1 aliphatic heterocycles. The Morgan fingerprint density at radius 1 is 1.07 bits per heavy atom. The van der Waals surface area contributed by atoms with Crippen molar-refractivity contribution in [3.8, 4) is 11.5 Å². The van der Waals surface area contributed by atoms with Crippen LogP contribution in [-0.4, -0.2) is 23.7 Å². The molecule has 1 unspecified atom stereocenters. The van der Waals surface area contributed by atoms with E-state index in [1.807, 2.05) is 41.3 Å². The van der Waals surface area contributed by atoms with Crippen LogP contribution in [0.2, 0.25) is 0 Å². The van der Waals surface area contributed by atoms with Gasteiger partial charge in [-0.1, -0.05) is 45.2 Å². The Morgan fingerprint density at radius 2 is 1.86 bits per heavy atom. The van der Waals surface area contributed by atoms with Gasteiger partial charge in [0, 0.05) is 12.2 Å². The van der Waals surface area contributed by atoms with Crippen LogP contribution in [0.1, 0.15) is 57.4 Å². The number of amides is 1. The molecule has 1 saturated carbocycles. The molecule has 5 heteroatoms. The molecule has 0 spiro atoms. The summed E-state index contributed by atoms with van der Waals surface area (Å²) in [5, 5.41) is 0. The topological polar surface area (TPSA) is 51.7 Å². The van der Waals surface area contributed by atoms with Gasteiger partial charge >= 0.3 is 0 Å². The summed E-state index contributed by atoms with van der Waals surface area (Å²) in [5.41, 5.74) is 0.973. The zero-order valence-electron chi connectivity index (χ0n) is 16.6. The summed E-state index contributed by atoms with van der Waals surface area (Å²) in [6.07, 6.45) is 7.41. The molecule has 2 aliphatic rings. The molecule has 2 aromatic rings. The first-order valence-corrected chi connectivity index (χ1v) is 10.3. The molecule has 1 aromatic heterocycles. The lowest BCUT2D eigenvalue weighted by atomic mass is 9.85. The lowest BCUT2D eigenvalue weighted by Gasteiger charge is -2.37. The van der Waals surface area contributed by atoms with Crippen molar-refractivity contribution in [3.63, 3.8) is 0 Å². The fourth-order valence-electron chi connectivity index (χ4n) is 4.38. The van der Waals surface area contributed by atoms with Crippen molar-refractivity contribution in [2.75, 3.05) is 11.7 Å². The van der Waals surface area contributed by atoms with Crippen molar-refractivity contribution < 1.29 is 14.3 Å². The maximum Gasteiger partial charge on any atom is 0.236 e. The molecule has 1 aromatic carbocycles. The Hall–Kier alpha value is -2.56. The number of fused-ring (bicyclic) bond motifs is 1. The zero-order valence-corrected chi connectivity index (χ0v) is 16.6. The van der Waals surface area contributed by atoms with Gasteiger partial charge in [-0.2, -0.15) is 0 Å². The van der Waals surface area contributed by atoms with E-state index in [2.05, 4.69) is 18.8 Å². The van der Waals surface area contributed by atoms with E-state index in [4.69, 9.17) is 9.47 Å². The molecule has 0 N–H and O–H groups in total. The predicted molar refractivity (Wildman–Crippen MR) is 109 cm³/mol. The number of carbonyl (C=O) groups excluding carboxylic acids is 1. The van der Waals surface area contributed by atoms with Crippen molar-refractivity contribution in [2.24, 2.45) is 5.92 Å². The summed E-state index contributed by atoms with van der Waals surface area (Å²) in [6, 6.07) is 11.9. The van der Waals surface area contributed by atoms with E-state index in [9.17, 15) is 4.79 Å². The van der Waals surface area contributed by atoms with Gasteiger partial charge in [-0.15, -0.1) is 0 Å². The smallest absolute Gasteiger partial charge is 0.236 e. The fourth-order valence-corrected chi connectivity index (χ4v) is 4.38. The third-order valence-electron chi connectivity index (χ3n) is 5.76. The summed E-state index contributed by atoms with van der Waals surface area (Å²) in [5.74, 6) is 2.25. The highest BCUT2D eigenvalue weighted by atomic mass is 16.7. The number of ether oxygens (including phenoxy) is 2. The van der Waals surface area contributed by atoms with Crippen LogP contribution in [0.25, 0.3) is 0 Å². The Bertz CT molecular complexity index is 816. The van der Waals surface area contributed by atoms with Gasteiger partial charge in [-0.3, -0.25) is 9.69 Å². The minimum Gasteiger partial charge on any atom is -0.454 e. The Kier molecular flexibility index (Phi) is 5.51. The van der Waals surface area contributed by atoms with Crippen LogP contribution in [-0.2, 0) is 4.79 Å². The van der Waals surface area contributed by atoms with Gasteiger partial charge in [0.15, 0.2) is 11.5 Å². The van der Waals surface area contributed by atoms with E-state index in [0.29, 0.717) is 0 Å². The number of nitrogens with zero attached hydrogens (tertiary/aromatic N) is 2. The SMILES string of the molecule is CC(C)C(C(=O)N(c1ccccn1)C1CCCCC1)c1ccc2c(c1)OCO2. The first kappa shape index (κ1) is 18.8. The Morgan fingerprint density at radius 3 is 2.57 bits per heavy atom. The second kappa shape index (κ2) is 8.21. The third-order valence-corrected chi connectivity index (χ3v) is 5.76. The van der Waals surface area contributed by atoms with Crippen LogP contribution in [0.5, 0.6) is 11.5 Å². The molecule has 0 radical (unpaired) electrons. The van der Waals surface area contributed by atoms with E-state index < -0.39 is 0 Å². The Balaban J connectivity index is 1.70. The van der Waals surface area contributed by atoms with Gasteiger partial charge in [-0.25, -0.2) is 4.98 Å². The number of benzene rings is 1. The fraction of sp³-hybridized carbons (Fsp3) is 0.478. The maximum absolute atomic E-state index is 13.9. The van der Waals surface area contributed by atoms with Crippen LogP contribution in [0.15, 0.2) is 42.6 Å². The van der Waals surface area contributed by atoms with E-state index >= 15 is 0 Å². The minimum absolute atomic E-state index is 0.125. The van der Waals surface area contributed by atoms with Crippen molar-refractivity contribution >= 4 is 11.7 Å². The number of rotatable bonds is 5. The van der Waals surface area contributed by atoms with Crippen LogP contribution >= 0.6 is 0 Å². The van der Waals surface area contributed by atoms with Crippen LogP contribution in [0.4, 0.5) is 5.82 Å². The number of hydrogen-bond acceptors (Lipinski definition) is 4. The van der Waals surface area contributed by atoms with E-state index in [-0.39, 0.29) is 30.6 Å². The average Bonchev–Trinajstić information content (AvgIpc) is 3.18. The van der Waals surface area contributed by atoms with Crippen molar-refractivity contribution in [3.05, 3.63) is 48.2 Å². The summed E-state index contributed by atoms with van der Waals surface area (Å²) in [7, 11) is 0. The van der Waals surface area contributed by atoms with Crippen molar-refractivity contribution in [1.29, 1.82) is 0 Å². The third kappa shape index (κ3) is 3.71. The molecule has 28 heavy (non-hydrogen) atoms. The van der Waals surface area contributed by atoms with Gasteiger partial charge in [0.1, 0.15) is 5.82 Å². The molecule has 1 aliphatic carbocycles. The highest BCUT2D eigenvalue weighted by Crippen LogP contribution is 2.38. The minimum atomic E-state index is -0.251. The number of carbonyl (C=O) groups is 1. The summed E-state index contributed by atoms with van der Waals surface area (Å²) < 4.78 is 11.0. The normalized spacial score (nSPS) is 17.5. The van der Waals surface area contributed by atoms with Crippen molar-refractivity contribution in [1.82, 2.24) is 4.98 Å². The van der Waals surface area contributed by atoms with Gasteiger partial charge in [0.25, 0.3) is 0 Å². The molecule has 1 atom stereocenters. The summed E-state index contributed by atoms with van der Waals surface area (Å²) in [6.45, 7) is 4.44. The molecule has 148 valence electrons. The van der Waals surface area contributed by atoms with Gasteiger partial charge in [-0.05, 0) is 48.6 Å². The molecular formula is C23H28N2O3. The van der Waals surface area contributed by atoms with Crippen LogP contribution < -0.4 is 14.4 Å². The number of aromatic nitrogens is 1. The number of anilines is 1. The quantitative estimate of drug-likeness (QED) is 0.739. The second-order valence-corrected chi connectivity index (χ2v) is 8.02. The molecule has 1 fully saturated rings. The van der Waals surface area contributed by atoms with E-state index in [1.165, 1.54) is 6.42 Å². The highest BCUT2D eigenvalue weighted by molar-refractivity contribution is 5.98. The molecule has 4 rings (SSSR count). The van der Waals surface area contributed by atoms with Crippen LogP contribution in [0, 0.1) is 5.92 Å². The largest absolute Gasteiger partial charge is 0.454 e. The first-order chi connectivity index (χ1) is 13.6. The van der Waals surface area contributed by atoms with E-state index in [0.717, 1.165) is 48.6 Å². The summed E-state index contributed by atoms with van der Waals surface area (Å²) >= 11 is 0. The highest BCUT2D eigenvalue weighted by Gasteiger charge is 2.35. The number of hydrogen-bond donors (Lipinski definition) is 0. The molecular weight excluding hydrogens is 352 g/mol. The molecule has 0 bridgehead atoms. The molecule has 2 heterocycles. The van der Waals surface area contributed by atoms with Gasteiger partial charge in [0.2, 0.25) is 12.7 Å². The van der Waals surface area contributed by atoms with Crippen LogP contribution in [0.3, 0.4) is 0 Å². The lowest BCUT2D eigenvalue weighted by Crippen LogP contribution is -2.45. The van der Waals surface area contributed by atoms with Crippen molar-refractivity contribution in [2.45, 2.75) is 57.9 Å². The Labute approximate surface area is 166 Å². The predicted octanol–water partition coefficient (Wildman–Crippen LogP) is 4.92. The van der Waals surface area contributed by atoms with Gasteiger partial charge in [0.05, 0.1) is 5.92 Å². The van der Waals surface area contributed by atoms with E-state index in [1.54, 1.807) is 6.20 Å². The average molecular weight is 380 g/mol. The maximum atomic E-state index is 13.9. The molecule has 0 saturated heterocycles. The number of pyridine rings is 1. The molecule has 1 amide bonds. The summed E-state index contributed by atoms with van der Waals surface area (Å²) in [4.78, 5) is 20.4. The molecule has 5 nitrogen and oxygen atoms in total.